The van der Waals surface area contributed by atoms with E-state index in [1.54, 1.807) is 13.8 Å². The molecular weight excluding hydrogens is 516 g/mol. The van der Waals surface area contributed by atoms with Crippen LogP contribution < -0.4 is 10.6 Å². The Morgan fingerprint density at radius 3 is 1.78 bits per heavy atom. The van der Waals surface area contributed by atoms with Crippen LogP contribution in [0.25, 0.3) is 11.1 Å². The Labute approximate surface area is 245 Å². The average molecular weight is 565 g/mol. The molecule has 2 atom stereocenters. The Kier molecular flexibility index (Phi) is 11.6. The molecule has 0 bridgehead atoms. The van der Waals surface area contributed by atoms with Crippen molar-refractivity contribution in [3.8, 4) is 11.1 Å². The molecule has 0 heterocycles. The van der Waals surface area contributed by atoms with Gasteiger partial charge in [-0.05, 0) is 53.9 Å². The number of hydrogen-bond donors (Lipinski definition) is 4. The summed E-state index contributed by atoms with van der Waals surface area (Å²) in [7, 11) is 0. The molecule has 0 radical (unpaired) electrons. The van der Waals surface area contributed by atoms with Crippen molar-refractivity contribution in [3.63, 3.8) is 0 Å². The van der Waals surface area contributed by atoms with Crippen molar-refractivity contribution < 1.29 is 24.5 Å². The second-order valence-electron chi connectivity index (χ2n) is 12.2. The number of aliphatic carboxylic acids is 1. The van der Waals surface area contributed by atoms with E-state index in [9.17, 15) is 14.7 Å². The number of ether oxygens (including phenoxy) is 1. The highest BCUT2D eigenvalue weighted by molar-refractivity contribution is 5.79. The van der Waals surface area contributed by atoms with Gasteiger partial charge in [-0.25, -0.2) is 4.79 Å². The number of aliphatic hydroxyl groups is 1. The average Bonchev–Trinajstić information content (AvgIpc) is 3.29. The Hall–Kier alpha value is -2.90. The fraction of sp³-hybridized carbons (Fsp3) is 0.588. The van der Waals surface area contributed by atoms with Crippen molar-refractivity contribution in [2.75, 3.05) is 6.61 Å². The SMILES string of the molecule is C1CCC(NC2CCCCC2)CC1.CC(C)C(NC(=O)OCC1c2ccccc2-c2ccccc21)[C@@H](O)CC(=O)O. The second kappa shape index (κ2) is 15.4. The molecule has 2 aromatic carbocycles. The number of carbonyl (C=O) groups excluding carboxylic acids is 1. The van der Waals surface area contributed by atoms with Crippen LogP contribution in [-0.4, -0.2) is 53.1 Å². The monoisotopic (exact) mass is 564 g/mol. The van der Waals surface area contributed by atoms with Gasteiger partial charge in [0.25, 0.3) is 0 Å². The topological polar surface area (TPSA) is 108 Å². The minimum atomic E-state index is -1.18. The molecular formula is C34H48N2O5. The molecule has 2 saturated carbocycles. The van der Waals surface area contributed by atoms with Gasteiger partial charge in [0.2, 0.25) is 0 Å². The van der Waals surface area contributed by atoms with E-state index in [1.807, 2.05) is 36.4 Å². The summed E-state index contributed by atoms with van der Waals surface area (Å²) in [4.78, 5) is 23.2. The quantitative estimate of drug-likeness (QED) is 0.272. The number of carbonyl (C=O) groups is 2. The third-order valence-corrected chi connectivity index (χ3v) is 8.83. The Bertz CT molecular complexity index is 1060. The number of alkyl carbamates (subject to hydrolysis) is 1. The van der Waals surface area contributed by atoms with Crippen LogP contribution in [0.1, 0.15) is 102 Å². The molecule has 3 aliphatic carbocycles. The van der Waals surface area contributed by atoms with Gasteiger partial charge in [-0.1, -0.05) is 101 Å². The number of rotatable bonds is 9. The fourth-order valence-electron chi connectivity index (χ4n) is 6.66. The molecule has 41 heavy (non-hydrogen) atoms. The van der Waals surface area contributed by atoms with E-state index in [-0.39, 0.29) is 18.4 Å². The minimum Gasteiger partial charge on any atom is -0.481 e. The van der Waals surface area contributed by atoms with Crippen molar-refractivity contribution in [3.05, 3.63) is 59.7 Å². The van der Waals surface area contributed by atoms with Crippen LogP contribution >= 0.6 is 0 Å². The van der Waals surface area contributed by atoms with Crippen LogP contribution in [0.2, 0.25) is 0 Å². The number of benzene rings is 2. The van der Waals surface area contributed by atoms with Crippen molar-refractivity contribution in [1.82, 2.24) is 10.6 Å². The van der Waals surface area contributed by atoms with Gasteiger partial charge in [0, 0.05) is 18.0 Å². The van der Waals surface area contributed by atoms with Gasteiger partial charge in [0.15, 0.2) is 0 Å². The summed E-state index contributed by atoms with van der Waals surface area (Å²) in [5.41, 5.74) is 4.51. The molecule has 1 unspecified atom stereocenters. The first-order valence-electron chi connectivity index (χ1n) is 15.6. The number of hydrogen-bond acceptors (Lipinski definition) is 5. The maximum Gasteiger partial charge on any atom is 0.407 e. The first kappa shape index (κ1) is 31.0. The molecule has 224 valence electrons. The van der Waals surface area contributed by atoms with E-state index >= 15 is 0 Å². The minimum absolute atomic E-state index is 0.0559. The van der Waals surface area contributed by atoms with Crippen LogP contribution in [0, 0.1) is 5.92 Å². The maximum absolute atomic E-state index is 12.3. The summed E-state index contributed by atoms with van der Waals surface area (Å²) in [5.74, 6) is -1.32. The first-order valence-corrected chi connectivity index (χ1v) is 15.6. The van der Waals surface area contributed by atoms with Crippen LogP contribution in [0.4, 0.5) is 4.79 Å². The maximum atomic E-state index is 12.3. The lowest BCUT2D eigenvalue weighted by Crippen LogP contribution is -2.47. The zero-order chi connectivity index (χ0) is 29.2. The molecule has 2 aromatic rings. The Balaban J connectivity index is 0.000000247. The normalized spacial score (nSPS) is 18.9. The van der Waals surface area contributed by atoms with Gasteiger partial charge < -0.3 is 25.6 Å². The molecule has 0 saturated heterocycles. The van der Waals surface area contributed by atoms with Crippen molar-refractivity contribution in [1.29, 1.82) is 0 Å². The van der Waals surface area contributed by atoms with Crippen LogP contribution in [0.5, 0.6) is 0 Å². The molecule has 7 nitrogen and oxygen atoms in total. The smallest absolute Gasteiger partial charge is 0.407 e. The molecule has 2 fully saturated rings. The van der Waals surface area contributed by atoms with E-state index < -0.39 is 30.6 Å². The molecule has 5 rings (SSSR count). The van der Waals surface area contributed by atoms with E-state index in [4.69, 9.17) is 9.84 Å². The third kappa shape index (κ3) is 8.79. The highest BCUT2D eigenvalue weighted by atomic mass is 16.5. The molecule has 1 amide bonds. The predicted molar refractivity (Wildman–Crippen MR) is 162 cm³/mol. The van der Waals surface area contributed by atoms with Gasteiger partial charge in [0.1, 0.15) is 6.61 Å². The van der Waals surface area contributed by atoms with Gasteiger partial charge >= 0.3 is 12.1 Å². The summed E-state index contributed by atoms with van der Waals surface area (Å²) in [6, 6.07) is 17.1. The Morgan fingerprint density at radius 2 is 1.32 bits per heavy atom. The molecule has 3 aliphatic rings. The van der Waals surface area contributed by atoms with Crippen molar-refractivity contribution in [2.45, 2.75) is 115 Å². The van der Waals surface area contributed by atoms with Gasteiger partial charge in [-0.15, -0.1) is 0 Å². The van der Waals surface area contributed by atoms with E-state index in [2.05, 4.69) is 22.8 Å². The van der Waals surface area contributed by atoms with E-state index in [0.717, 1.165) is 34.3 Å². The summed E-state index contributed by atoms with van der Waals surface area (Å²) >= 11 is 0. The second-order valence-corrected chi connectivity index (χ2v) is 12.2. The van der Waals surface area contributed by atoms with Crippen LogP contribution in [0.15, 0.2) is 48.5 Å². The lowest BCUT2D eigenvalue weighted by Gasteiger charge is -2.30. The van der Waals surface area contributed by atoms with Gasteiger partial charge in [-0.3, -0.25) is 4.79 Å². The number of aliphatic hydroxyl groups excluding tert-OH is 1. The number of nitrogens with one attached hydrogen (secondary N) is 2. The number of amides is 1. The number of fused-ring (bicyclic) bond motifs is 3. The van der Waals surface area contributed by atoms with Crippen molar-refractivity contribution in [2.24, 2.45) is 5.92 Å². The summed E-state index contributed by atoms with van der Waals surface area (Å²) in [6.07, 6.45) is 12.3. The first-order chi connectivity index (χ1) is 19.8. The summed E-state index contributed by atoms with van der Waals surface area (Å²) in [5, 5.41) is 25.4. The number of carboxylic acid groups (broad SMARTS) is 1. The van der Waals surface area contributed by atoms with E-state index in [1.165, 1.54) is 64.2 Å². The van der Waals surface area contributed by atoms with Gasteiger partial charge in [-0.2, -0.15) is 0 Å². The molecule has 0 aliphatic heterocycles. The third-order valence-electron chi connectivity index (χ3n) is 8.83. The highest BCUT2D eigenvalue weighted by Crippen LogP contribution is 2.44. The van der Waals surface area contributed by atoms with Crippen LogP contribution in [0.3, 0.4) is 0 Å². The molecule has 4 N–H and O–H groups in total. The van der Waals surface area contributed by atoms with Crippen molar-refractivity contribution >= 4 is 12.1 Å². The summed E-state index contributed by atoms with van der Waals surface area (Å²) in [6.45, 7) is 3.78. The lowest BCUT2D eigenvalue weighted by atomic mass is 9.91. The molecule has 7 heteroatoms. The molecule has 0 spiro atoms. The lowest BCUT2D eigenvalue weighted by molar-refractivity contribution is -0.139. The zero-order valence-corrected chi connectivity index (χ0v) is 24.7. The van der Waals surface area contributed by atoms with E-state index in [0.29, 0.717) is 0 Å². The van der Waals surface area contributed by atoms with Gasteiger partial charge in [0.05, 0.1) is 18.6 Å². The summed E-state index contributed by atoms with van der Waals surface area (Å²) < 4.78 is 5.47. The molecule has 0 aromatic heterocycles. The number of carboxylic acids is 1. The fourth-order valence-corrected chi connectivity index (χ4v) is 6.66. The highest BCUT2D eigenvalue weighted by Gasteiger charge is 2.31. The van der Waals surface area contributed by atoms with Crippen LogP contribution in [-0.2, 0) is 9.53 Å². The largest absolute Gasteiger partial charge is 0.481 e. The predicted octanol–water partition coefficient (Wildman–Crippen LogP) is 6.63. The Morgan fingerprint density at radius 1 is 0.829 bits per heavy atom. The zero-order valence-electron chi connectivity index (χ0n) is 24.7. The standard InChI is InChI=1S/C22H25NO5.C12H23N/c1-13(2)21(19(24)11-20(25)26)23-22(27)28-12-18-16-9-5-3-7-14(16)15-8-4-6-10-17(15)18;1-3-7-11(8-4-1)13-12-9-5-2-6-10-12/h3-10,13,18-19,21,24H,11-12H2,1-2H3,(H,23,27)(H,25,26);11-13H,1-10H2/t19-,21?;/m0./s1.